The lowest BCUT2D eigenvalue weighted by atomic mass is 9.74. The van der Waals surface area contributed by atoms with Crippen LogP contribution >= 0.6 is 0 Å². The van der Waals surface area contributed by atoms with Gasteiger partial charge in [-0.25, -0.2) is 0 Å². The van der Waals surface area contributed by atoms with Gasteiger partial charge in [0.1, 0.15) is 0 Å². The van der Waals surface area contributed by atoms with Crippen LogP contribution in [0.2, 0.25) is 0 Å². The molecule has 3 nitrogen and oxygen atoms in total. The molecule has 0 bridgehead atoms. The lowest BCUT2D eigenvalue weighted by molar-refractivity contribution is 0.223. The molecule has 0 aromatic carbocycles. The van der Waals surface area contributed by atoms with Gasteiger partial charge >= 0.3 is 0 Å². The second-order valence-electron chi connectivity index (χ2n) is 3.80. The molecule has 1 heterocycles. The molecule has 1 unspecified atom stereocenters. The van der Waals surface area contributed by atoms with Gasteiger partial charge in [-0.15, -0.1) is 0 Å². The molecule has 1 aromatic heterocycles. The van der Waals surface area contributed by atoms with Crippen LogP contribution < -0.4 is 11.5 Å². The van der Waals surface area contributed by atoms with Gasteiger partial charge in [0, 0.05) is 24.5 Å². The molecule has 0 amide bonds. The molecule has 1 atom stereocenters. The molecule has 0 spiro atoms. The number of nitrogens with zero attached hydrogens (tertiary/aromatic N) is 1. The SMILES string of the molecule is NC1CC(C(N)c2cccnc2)C1. The van der Waals surface area contributed by atoms with Gasteiger partial charge in [-0.05, 0) is 30.4 Å². The van der Waals surface area contributed by atoms with E-state index in [1.54, 1.807) is 6.20 Å². The highest BCUT2D eigenvalue weighted by atomic mass is 14.8. The third-order valence-electron chi connectivity index (χ3n) is 2.79. The number of hydrogen-bond donors (Lipinski definition) is 2. The van der Waals surface area contributed by atoms with Gasteiger partial charge in [-0.1, -0.05) is 6.07 Å². The van der Waals surface area contributed by atoms with Gasteiger partial charge < -0.3 is 11.5 Å². The fourth-order valence-electron chi connectivity index (χ4n) is 1.85. The Morgan fingerprint density at radius 2 is 2.23 bits per heavy atom. The highest BCUT2D eigenvalue weighted by Gasteiger charge is 2.31. The topological polar surface area (TPSA) is 64.9 Å². The van der Waals surface area contributed by atoms with Crippen molar-refractivity contribution in [1.82, 2.24) is 4.98 Å². The minimum absolute atomic E-state index is 0.119. The van der Waals surface area contributed by atoms with E-state index in [0.29, 0.717) is 12.0 Å². The van der Waals surface area contributed by atoms with Crippen molar-refractivity contribution in [3.05, 3.63) is 30.1 Å². The average Bonchev–Trinajstić information content (AvgIpc) is 2.13. The zero-order valence-corrected chi connectivity index (χ0v) is 7.56. The molecular formula is C10H15N3. The maximum absolute atomic E-state index is 6.07. The van der Waals surface area contributed by atoms with Gasteiger partial charge in [-0.2, -0.15) is 0 Å². The van der Waals surface area contributed by atoms with Crippen LogP contribution in [0.3, 0.4) is 0 Å². The van der Waals surface area contributed by atoms with E-state index in [4.69, 9.17) is 11.5 Å². The summed E-state index contributed by atoms with van der Waals surface area (Å²) in [5.41, 5.74) is 12.9. The van der Waals surface area contributed by atoms with Crippen LogP contribution in [0.25, 0.3) is 0 Å². The molecule has 1 fully saturated rings. The molecule has 0 radical (unpaired) electrons. The summed E-state index contributed by atoms with van der Waals surface area (Å²) in [6.45, 7) is 0. The van der Waals surface area contributed by atoms with Crippen molar-refractivity contribution in [3.63, 3.8) is 0 Å². The largest absolute Gasteiger partial charge is 0.328 e. The van der Waals surface area contributed by atoms with Crippen LogP contribution in [0.4, 0.5) is 0 Å². The first-order valence-corrected chi connectivity index (χ1v) is 4.68. The molecule has 3 heteroatoms. The second-order valence-corrected chi connectivity index (χ2v) is 3.80. The standard InChI is InChI=1S/C10H15N3/c11-9-4-8(5-9)10(12)7-2-1-3-13-6-7/h1-3,6,8-10H,4-5,11-12H2. The molecule has 2 rings (SSSR count). The highest BCUT2D eigenvalue weighted by Crippen LogP contribution is 2.34. The van der Waals surface area contributed by atoms with Gasteiger partial charge in [0.2, 0.25) is 0 Å². The first-order valence-electron chi connectivity index (χ1n) is 4.68. The molecular weight excluding hydrogens is 162 g/mol. The lowest BCUT2D eigenvalue weighted by Gasteiger charge is -2.36. The summed E-state index contributed by atoms with van der Waals surface area (Å²) in [5, 5.41) is 0. The third-order valence-corrected chi connectivity index (χ3v) is 2.79. The fraction of sp³-hybridized carbons (Fsp3) is 0.500. The molecule has 0 aliphatic heterocycles. The Bertz CT molecular complexity index is 267. The normalized spacial score (nSPS) is 29.4. The van der Waals surface area contributed by atoms with E-state index in [9.17, 15) is 0 Å². The van der Waals surface area contributed by atoms with Crippen LogP contribution in [-0.2, 0) is 0 Å². The van der Waals surface area contributed by atoms with Crippen LogP contribution in [0, 0.1) is 5.92 Å². The Hall–Kier alpha value is -0.930. The maximum atomic E-state index is 6.07. The van der Waals surface area contributed by atoms with E-state index < -0.39 is 0 Å². The van der Waals surface area contributed by atoms with Crippen LogP contribution in [-0.4, -0.2) is 11.0 Å². The Morgan fingerprint density at radius 1 is 1.46 bits per heavy atom. The summed E-state index contributed by atoms with van der Waals surface area (Å²) in [6.07, 6.45) is 5.71. The van der Waals surface area contributed by atoms with Crippen molar-refractivity contribution in [1.29, 1.82) is 0 Å². The molecule has 1 aliphatic rings. The van der Waals surface area contributed by atoms with Crippen molar-refractivity contribution >= 4 is 0 Å². The number of aromatic nitrogens is 1. The fourth-order valence-corrected chi connectivity index (χ4v) is 1.85. The van der Waals surface area contributed by atoms with Gasteiger partial charge in [0.05, 0.1) is 0 Å². The lowest BCUT2D eigenvalue weighted by Crippen LogP contribution is -2.41. The van der Waals surface area contributed by atoms with E-state index in [1.165, 1.54) is 0 Å². The molecule has 13 heavy (non-hydrogen) atoms. The van der Waals surface area contributed by atoms with Gasteiger partial charge in [0.25, 0.3) is 0 Å². The Morgan fingerprint density at radius 3 is 2.77 bits per heavy atom. The van der Waals surface area contributed by atoms with Crippen molar-refractivity contribution in [2.24, 2.45) is 17.4 Å². The maximum Gasteiger partial charge on any atom is 0.0340 e. The minimum atomic E-state index is 0.119. The van der Waals surface area contributed by atoms with E-state index in [1.807, 2.05) is 18.3 Å². The summed E-state index contributed by atoms with van der Waals surface area (Å²) < 4.78 is 0. The van der Waals surface area contributed by atoms with Gasteiger partial charge in [0.15, 0.2) is 0 Å². The summed E-state index contributed by atoms with van der Waals surface area (Å²) in [6, 6.07) is 4.44. The Labute approximate surface area is 78.1 Å². The first-order chi connectivity index (χ1) is 6.27. The van der Waals surface area contributed by atoms with Crippen molar-refractivity contribution < 1.29 is 0 Å². The average molecular weight is 177 g/mol. The van der Waals surface area contributed by atoms with Crippen LogP contribution in [0.15, 0.2) is 24.5 Å². The van der Waals surface area contributed by atoms with E-state index in [-0.39, 0.29) is 6.04 Å². The number of rotatable bonds is 2. The molecule has 0 saturated heterocycles. The Kier molecular flexibility index (Phi) is 2.29. The second kappa shape index (κ2) is 3.44. The molecule has 70 valence electrons. The van der Waals surface area contributed by atoms with Crippen molar-refractivity contribution in [2.75, 3.05) is 0 Å². The monoisotopic (exact) mass is 177 g/mol. The quantitative estimate of drug-likeness (QED) is 0.703. The van der Waals surface area contributed by atoms with Gasteiger partial charge in [-0.3, -0.25) is 4.98 Å². The zero-order chi connectivity index (χ0) is 9.26. The third kappa shape index (κ3) is 1.71. The molecule has 1 aromatic rings. The minimum Gasteiger partial charge on any atom is -0.328 e. The molecule has 1 aliphatic carbocycles. The van der Waals surface area contributed by atoms with E-state index in [0.717, 1.165) is 18.4 Å². The predicted octanol–water partition coefficient (Wildman–Crippen LogP) is 0.819. The smallest absolute Gasteiger partial charge is 0.0340 e. The van der Waals surface area contributed by atoms with E-state index >= 15 is 0 Å². The van der Waals surface area contributed by atoms with Crippen LogP contribution in [0.1, 0.15) is 24.4 Å². The summed E-state index contributed by atoms with van der Waals surface area (Å²) >= 11 is 0. The molecule has 4 N–H and O–H groups in total. The number of pyridine rings is 1. The molecule has 1 saturated carbocycles. The zero-order valence-electron chi connectivity index (χ0n) is 7.56. The van der Waals surface area contributed by atoms with Crippen LogP contribution in [0.5, 0.6) is 0 Å². The summed E-state index contributed by atoms with van der Waals surface area (Å²) in [4.78, 5) is 4.05. The summed E-state index contributed by atoms with van der Waals surface area (Å²) in [5.74, 6) is 0.555. The number of nitrogens with two attached hydrogens (primary N) is 2. The van der Waals surface area contributed by atoms with Crippen molar-refractivity contribution in [3.8, 4) is 0 Å². The van der Waals surface area contributed by atoms with E-state index in [2.05, 4.69) is 4.98 Å². The predicted molar refractivity (Wildman–Crippen MR) is 51.9 cm³/mol. The first kappa shape index (κ1) is 8.66. The Balaban J connectivity index is 2.02. The highest BCUT2D eigenvalue weighted by molar-refractivity contribution is 5.15. The number of hydrogen-bond acceptors (Lipinski definition) is 3. The summed E-state index contributed by atoms with van der Waals surface area (Å²) in [7, 11) is 0. The van der Waals surface area contributed by atoms with Crippen molar-refractivity contribution in [2.45, 2.75) is 24.9 Å².